The van der Waals surface area contributed by atoms with Gasteiger partial charge in [0.1, 0.15) is 21.0 Å². The second-order valence-corrected chi connectivity index (χ2v) is 13.7. The van der Waals surface area contributed by atoms with Gasteiger partial charge in [0, 0.05) is 16.1 Å². The maximum Gasteiger partial charge on any atom is 0.268 e. The number of fused-ring (bicyclic) bond motifs is 2. The second kappa shape index (κ2) is 14.6. The van der Waals surface area contributed by atoms with Gasteiger partial charge in [0.25, 0.3) is 11.1 Å². The normalized spacial score (nSPS) is 15.5. The lowest BCUT2D eigenvalue weighted by atomic mass is 10.2. The molecule has 0 amide bonds. The number of nitrogens with zero attached hydrogens (tertiary/aromatic N) is 5. The highest BCUT2D eigenvalue weighted by Crippen LogP contribution is 2.32. The van der Waals surface area contributed by atoms with E-state index in [1.54, 1.807) is 0 Å². The third kappa shape index (κ3) is 7.32. The monoisotopic (exact) mass is 714 g/mol. The van der Waals surface area contributed by atoms with Crippen molar-refractivity contribution in [1.82, 2.24) is 39.9 Å². The molecule has 0 aliphatic carbocycles. The smallest absolute Gasteiger partial charge is 0.268 e. The van der Waals surface area contributed by atoms with E-state index in [-0.39, 0.29) is 35.9 Å². The molecule has 2 saturated heterocycles. The lowest BCUT2D eigenvalue weighted by Crippen LogP contribution is -2.22. The zero-order valence-corrected chi connectivity index (χ0v) is 27.9. The van der Waals surface area contributed by atoms with Gasteiger partial charge in [0.2, 0.25) is 0 Å². The third-order valence-corrected chi connectivity index (χ3v) is 10.1. The van der Waals surface area contributed by atoms with E-state index < -0.39 is 0 Å². The maximum absolute atomic E-state index is 12.4. The molecule has 0 aromatic carbocycles. The molecule has 0 unspecified atom stereocenters. The van der Waals surface area contributed by atoms with Crippen LogP contribution < -0.4 is 11.1 Å². The van der Waals surface area contributed by atoms with Crippen molar-refractivity contribution in [2.45, 2.75) is 52.1 Å². The minimum Gasteiger partial charge on any atom is -0.308 e. The second-order valence-electron chi connectivity index (χ2n) is 10.2. The number of H-pyrrole nitrogens is 3. The number of thiophene rings is 2. The number of nitrogens with one attached hydrogen (secondary N) is 3. The van der Waals surface area contributed by atoms with Gasteiger partial charge >= 0.3 is 0 Å². The van der Waals surface area contributed by atoms with E-state index in [1.165, 1.54) is 48.4 Å². The first-order chi connectivity index (χ1) is 19.5. The number of aryl methyl sites for hydroxylation is 1. The summed E-state index contributed by atoms with van der Waals surface area (Å²) in [7, 11) is 0. The van der Waals surface area contributed by atoms with Crippen LogP contribution in [0.1, 0.15) is 49.9 Å². The van der Waals surface area contributed by atoms with Crippen molar-refractivity contribution in [1.29, 1.82) is 0 Å². The predicted octanol–water partition coefficient (Wildman–Crippen LogP) is 5.72. The average molecular weight is 717 g/mol. The quantitative estimate of drug-likeness (QED) is 0.205. The summed E-state index contributed by atoms with van der Waals surface area (Å²) in [6.45, 7) is 7.95. The molecule has 10 nitrogen and oxygen atoms in total. The molecule has 0 radical (unpaired) electrons. The SMILES string of the molecule is CCc1[nH]ncc1-c1cc2nc(CN3CCCC3)[nH]c(=O)c2s1.Cl.Cl.O=c1[nH]c(CN2CCCC2)nc2cc(Br)sc12. The molecular weight excluding hydrogens is 683 g/mol. The molecule has 3 N–H and O–H groups in total. The summed E-state index contributed by atoms with van der Waals surface area (Å²) in [6, 6.07) is 3.91. The molecule has 2 fully saturated rings. The Morgan fingerprint density at radius 3 is 1.90 bits per heavy atom. The molecule has 2 aliphatic heterocycles. The van der Waals surface area contributed by atoms with Gasteiger partial charge in [0.15, 0.2) is 0 Å². The zero-order chi connectivity index (χ0) is 27.6. The van der Waals surface area contributed by atoms with E-state index in [9.17, 15) is 9.59 Å². The lowest BCUT2D eigenvalue weighted by molar-refractivity contribution is 0.322. The molecule has 7 heterocycles. The van der Waals surface area contributed by atoms with E-state index in [1.807, 2.05) is 18.3 Å². The van der Waals surface area contributed by atoms with Gasteiger partial charge < -0.3 is 9.97 Å². The Morgan fingerprint density at radius 2 is 1.36 bits per heavy atom. The average Bonchev–Trinajstić information content (AvgIpc) is 3.74. The van der Waals surface area contributed by atoms with Crippen LogP contribution in [0, 0.1) is 0 Å². The number of halogens is 3. The number of hydrogen-bond acceptors (Lipinski definition) is 9. The molecule has 0 atom stereocenters. The highest BCUT2D eigenvalue weighted by atomic mass is 79.9. The van der Waals surface area contributed by atoms with Gasteiger partial charge in [-0.05, 0) is 86.3 Å². The van der Waals surface area contributed by atoms with Gasteiger partial charge in [0.05, 0.1) is 34.1 Å². The number of aromatic amines is 3. The summed E-state index contributed by atoms with van der Waals surface area (Å²) >= 11 is 6.30. The standard InChI is InChI=1S/C16H19N5OS.C11H12BrN3OS.2ClH/c1-2-11-10(8-17-20-11)13-7-12-15(23-13)16(22)19-14(18-12)9-21-5-3-4-6-21;12-8-5-7-10(17-8)11(16)14-9(13-7)6-15-3-1-2-4-15;;/h7-8H,2-6,9H2,1H3,(H,17,20)(H,18,19,22);5H,1-4,6H2,(H,13,14,16);2*1H. The summed E-state index contributed by atoms with van der Waals surface area (Å²) in [5.74, 6) is 1.53. The Kier molecular flexibility index (Phi) is 11.4. The summed E-state index contributed by atoms with van der Waals surface area (Å²) in [5, 5.41) is 7.13. The van der Waals surface area contributed by atoms with Crippen LogP contribution in [-0.2, 0) is 19.5 Å². The highest BCUT2D eigenvalue weighted by molar-refractivity contribution is 9.11. The Bertz CT molecular complexity index is 1750. The summed E-state index contributed by atoms with van der Waals surface area (Å²) in [4.78, 5) is 44.9. The molecule has 0 saturated carbocycles. The Morgan fingerprint density at radius 1 is 0.833 bits per heavy atom. The molecule has 5 aromatic heterocycles. The van der Waals surface area contributed by atoms with Crippen LogP contribution in [0.3, 0.4) is 0 Å². The number of rotatable bonds is 6. The Hall–Kier alpha value is -2.13. The molecule has 0 bridgehead atoms. The van der Waals surface area contributed by atoms with Crippen LogP contribution in [0.5, 0.6) is 0 Å². The minimum absolute atomic E-state index is 0. The predicted molar refractivity (Wildman–Crippen MR) is 179 cm³/mol. The molecular formula is C27H33BrCl2N8O2S2. The lowest BCUT2D eigenvalue weighted by Gasteiger charge is -2.13. The fraction of sp³-hybridized carbons (Fsp3) is 0.444. The molecule has 5 aromatic rings. The Balaban J connectivity index is 0.000000192. The molecule has 15 heteroatoms. The van der Waals surface area contributed by atoms with Crippen LogP contribution in [0.2, 0.25) is 0 Å². The van der Waals surface area contributed by atoms with E-state index in [0.29, 0.717) is 9.40 Å². The van der Waals surface area contributed by atoms with Gasteiger partial charge in [-0.2, -0.15) is 5.10 Å². The first kappa shape index (κ1) is 32.8. The minimum atomic E-state index is -0.0398. The molecule has 42 heavy (non-hydrogen) atoms. The summed E-state index contributed by atoms with van der Waals surface area (Å²) in [6.07, 6.45) is 7.66. The van der Waals surface area contributed by atoms with Crippen molar-refractivity contribution in [2.75, 3.05) is 26.2 Å². The van der Waals surface area contributed by atoms with Gasteiger partial charge in [-0.1, -0.05) is 6.92 Å². The van der Waals surface area contributed by atoms with E-state index >= 15 is 0 Å². The van der Waals surface area contributed by atoms with Crippen LogP contribution in [0.25, 0.3) is 30.9 Å². The first-order valence-corrected chi connectivity index (χ1v) is 16.1. The molecule has 0 spiro atoms. The maximum atomic E-state index is 12.4. The van der Waals surface area contributed by atoms with Crippen LogP contribution in [0.4, 0.5) is 0 Å². The number of likely N-dealkylation sites (tertiary alicyclic amines) is 2. The van der Waals surface area contributed by atoms with Crippen molar-refractivity contribution in [3.63, 3.8) is 0 Å². The number of aromatic nitrogens is 6. The first-order valence-electron chi connectivity index (χ1n) is 13.6. The van der Waals surface area contributed by atoms with E-state index in [0.717, 1.165) is 88.3 Å². The van der Waals surface area contributed by atoms with Crippen molar-refractivity contribution in [3.05, 3.63) is 60.2 Å². The largest absolute Gasteiger partial charge is 0.308 e. The number of hydrogen-bond donors (Lipinski definition) is 3. The Labute approximate surface area is 271 Å². The van der Waals surface area contributed by atoms with Gasteiger partial charge in [-0.15, -0.1) is 47.5 Å². The van der Waals surface area contributed by atoms with Gasteiger partial charge in [-0.3, -0.25) is 24.5 Å². The van der Waals surface area contributed by atoms with Crippen molar-refractivity contribution in [2.24, 2.45) is 0 Å². The summed E-state index contributed by atoms with van der Waals surface area (Å²) in [5.41, 5.74) is 3.66. The zero-order valence-electron chi connectivity index (χ0n) is 23.1. The molecule has 2 aliphatic rings. The van der Waals surface area contributed by atoms with Crippen molar-refractivity contribution in [3.8, 4) is 10.4 Å². The topological polar surface area (TPSA) is 127 Å². The van der Waals surface area contributed by atoms with Gasteiger partial charge in [-0.25, -0.2) is 9.97 Å². The molecule has 7 rings (SSSR count). The van der Waals surface area contributed by atoms with Crippen LogP contribution >= 0.6 is 63.4 Å². The fourth-order valence-corrected chi connectivity index (χ4v) is 7.78. The van der Waals surface area contributed by atoms with Crippen LogP contribution in [-0.4, -0.2) is 66.1 Å². The van der Waals surface area contributed by atoms with Crippen molar-refractivity contribution >= 4 is 83.9 Å². The van der Waals surface area contributed by atoms with Crippen LogP contribution in [0.15, 0.2) is 31.7 Å². The van der Waals surface area contributed by atoms with E-state index in [4.69, 9.17) is 0 Å². The van der Waals surface area contributed by atoms with Crippen molar-refractivity contribution < 1.29 is 0 Å². The summed E-state index contributed by atoms with van der Waals surface area (Å²) < 4.78 is 2.33. The van der Waals surface area contributed by atoms with E-state index in [2.05, 4.69) is 62.8 Å². The third-order valence-electron chi connectivity index (χ3n) is 7.32. The fourth-order valence-electron chi connectivity index (χ4n) is 5.33. The molecule has 226 valence electrons. The highest BCUT2D eigenvalue weighted by Gasteiger charge is 2.17.